The molecule has 1 heterocycles. The molecule has 0 bridgehead atoms. The van der Waals surface area contributed by atoms with Crippen LogP contribution in [0.3, 0.4) is 0 Å². The lowest BCUT2D eigenvalue weighted by Gasteiger charge is -2.28. The summed E-state index contributed by atoms with van der Waals surface area (Å²) in [5, 5.41) is 0. The Morgan fingerprint density at radius 1 is 1.14 bits per heavy atom. The zero-order chi connectivity index (χ0) is 10.6. The number of hydrogen-bond donors (Lipinski definition) is 0. The average Bonchev–Trinajstić information content (AvgIpc) is 2.15. The first-order chi connectivity index (χ1) is 6.61. The molecule has 0 aliphatic rings. The van der Waals surface area contributed by atoms with Crippen LogP contribution in [-0.4, -0.2) is 22.6 Å². The molecule has 78 valence electrons. The van der Waals surface area contributed by atoms with E-state index in [1.165, 1.54) is 0 Å². The summed E-state index contributed by atoms with van der Waals surface area (Å²) >= 11 is 0. The van der Waals surface area contributed by atoms with Gasteiger partial charge in [-0.05, 0) is 25.8 Å². The molecule has 3 nitrogen and oxygen atoms in total. The fraction of sp³-hybridized carbons (Fsp3) is 0.636. The molecule has 1 aromatic heterocycles. The smallest absolute Gasteiger partial charge is 0.225 e. The Morgan fingerprint density at radius 3 is 2.14 bits per heavy atom. The van der Waals surface area contributed by atoms with Gasteiger partial charge >= 0.3 is 0 Å². The molecule has 0 saturated heterocycles. The van der Waals surface area contributed by atoms with E-state index in [2.05, 4.69) is 42.6 Å². The van der Waals surface area contributed by atoms with Crippen molar-refractivity contribution in [3.05, 3.63) is 18.5 Å². The van der Waals surface area contributed by atoms with Crippen LogP contribution in [0.25, 0.3) is 0 Å². The lowest BCUT2D eigenvalue weighted by atomic mass is 10.2. The summed E-state index contributed by atoms with van der Waals surface area (Å²) in [5.74, 6) is 1.46. The van der Waals surface area contributed by atoms with Gasteiger partial charge in [-0.1, -0.05) is 13.8 Å². The van der Waals surface area contributed by atoms with Crippen molar-refractivity contribution in [3.63, 3.8) is 0 Å². The van der Waals surface area contributed by atoms with Crippen molar-refractivity contribution in [3.8, 4) is 0 Å². The Bertz CT molecular complexity index is 256. The predicted octanol–water partition coefficient (Wildman–Crippen LogP) is 2.35. The van der Waals surface area contributed by atoms with Crippen molar-refractivity contribution in [1.29, 1.82) is 0 Å². The van der Waals surface area contributed by atoms with E-state index in [0.717, 1.165) is 12.5 Å². The van der Waals surface area contributed by atoms with E-state index in [1.807, 2.05) is 6.07 Å². The fourth-order valence-corrected chi connectivity index (χ4v) is 1.36. The van der Waals surface area contributed by atoms with Crippen molar-refractivity contribution < 1.29 is 0 Å². The first kappa shape index (κ1) is 11.0. The van der Waals surface area contributed by atoms with Gasteiger partial charge in [0.15, 0.2) is 0 Å². The van der Waals surface area contributed by atoms with Gasteiger partial charge in [0.05, 0.1) is 0 Å². The van der Waals surface area contributed by atoms with E-state index in [9.17, 15) is 0 Å². The molecule has 0 radical (unpaired) electrons. The SMILES string of the molecule is CC(C)CN(c1ncccn1)C(C)C. The number of rotatable bonds is 4. The molecule has 0 aliphatic carbocycles. The topological polar surface area (TPSA) is 29.0 Å². The van der Waals surface area contributed by atoms with Crippen LogP contribution in [0.2, 0.25) is 0 Å². The van der Waals surface area contributed by atoms with Gasteiger partial charge in [-0.3, -0.25) is 0 Å². The van der Waals surface area contributed by atoms with E-state index in [-0.39, 0.29) is 0 Å². The number of anilines is 1. The van der Waals surface area contributed by atoms with Crippen molar-refractivity contribution >= 4 is 5.95 Å². The highest BCUT2D eigenvalue weighted by molar-refractivity contribution is 5.29. The van der Waals surface area contributed by atoms with E-state index in [1.54, 1.807) is 12.4 Å². The molecule has 0 fully saturated rings. The second kappa shape index (κ2) is 4.94. The van der Waals surface area contributed by atoms with Crippen molar-refractivity contribution in [1.82, 2.24) is 9.97 Å². The van der Waals surface area contributed by atoms with Crippen LogP contribution < -0.4 is 4.90 Å². The van der Waals surface area contributed by atoms with E-state index in [0.29, 0.717) is 12.0 Å². The Morgan fingerprint density at radius 2 is 1.71 bits per heavy atom. The van der Waals surface area contributed by atoms with Crippen LogP contribution in [0, 0.1) is 5.92 Å². The number of hydrogen-bond acceptors (Lipinski definition) is 3. The molecule has 0 unspecified atom stereocenters. The summed E-state index contributed by atoms with van der Waals surface area (Å²) in [5.41, 5.74) is 0. The zero-order valence-electron chi connectivity index (χ0n) is 9.44. The van der Waals surface area contributed by atoms with Gasteiger partial charge < -0.3 is 4.90 Å². The van der Waals surface area contributed by atoms with Gasteiger partial charge in [0.25, 0.3) is 0 Å². The maximum absolute atomic E-state index is 4.27. The van der Waals surface area contributed by atoms with Crippen LogP contribution in [0.4, 0.5) is 5.95 Å². The monoisotopic (exact) mass is 193 g/mol. The Hall–Kier alpha value is -1.12. The van der Waals surface area contributed by atoms with Gasteiger partial charge in [0.2, 0.25) is 5.95 Å². The normalized spacial score (nSPS) is 11.0. The lowest BCUT2D eigenvalue weighted by molar-refractivity contribution is 0.560. The third kappa shape index (κ3) is 2.98. The molecule has 14 heavy (non-hydrogen) atoms. The summed E-state index contributed by atoms with van der Waals surface area (Å²) in [4.78, 5) is 10.8. The minimum Gasteiger partial charge on any atom is -0.338 e. The van der Waals surface area contributed by atoms with Crippen molar-refractivity contribution in [2.75, 3.05) is 11.4 Å². The second-order valence-electron chi connectivity index (χ2n) is 4.19. The van der Waals surface area contributed by atoms with Gasteiger partial charge in [0, 0.05) is 25.0 Å². The average molecular weight is 193 g/mol. The van der Waals surface area contributed by atoms with Gasteiger partial charge in [-0.2, -0.15) is 0 Å². The van der Waals surface area contributed by atoms with E-state index < -0.39 is 0 Å². The lowest BCUT2D eigenvalue weighted by Crippen LogP contribution is -2.35. The molecular formula is C11H19N3. The first-order valence-corrected chi connectivity index (χ1v) is 5.15. The van der Waals surface area contributed by atoms with Crippen LogP contribution in [-0.2, 0) is 0 Å². The molecule has 1 rings (SSSR count). The van der Waals surface area contributed by atoms with Crippen molar-refractivity contribution in [2.24, 2.45) is 5.92 Å². The molecule has 0 spiro atoms. The van der Waals surface area contributed by atoms with Crippen LogP contribution in [0.1, 0.15) is 27.7 Å². The molecule has 0 amide bonds. The highest BCUT2D eigenvalue weighted by Gasteiger charge is 2.13. The first-order valence-electron chi connectivity index (χ1n) is 5.15. The minimum atomic E-state index is 0.444. The highest BCUT2D eigenvalue weighted by Crippen LogP contribution is 2.11. The van der Waals surface area contributed by atoms with Crippen LogP contribution in [0.5, 0.6) is 0 Å². The molecular weight excluding hydrogens is 174 g/mol. The molecule has 3 heteroatoms. The molecule has 0 aliphatic heterocycles. The quantitative estimate of drug-likeness (QED) is 0.735. The van der Waals surface area contributed by atoms with Crippen LogP contribution >= 0.6 is 0 Å². The van der Waals surface area contributed by atoms with E-state index >= 15 is 0 Å². The maximum atomic E-state index is 4.27. The largest absolute Gasteiger partial charge is 0.338 e. The Balaban J connectivity index is 2.78. The Labute approximate surface area is 86.2 Å². The standard InChI is InChI=1S/C11H19N3/c1-9(2)8-14(10(3)4)11-12-6-5-7-13-11/h5-7,9-10H,8H2,1-4H3. The van der Waals surface area contributed by atoms with Crippen molar-refractivity contribution in [2.45, 2.75) is 33.7 Å². The summed E-state index contributed by atoms with van der Waals surface area (Å²) < 4.78 is 0. The molecule has 0 saturated carbocycles. The molecule has 1 aromatic rings. The van der Waals surface area contributed by atoms with Gasteiger partial charge in [-0.15, -0.1) is 0 Å². The summed E-state index contributed by atoms with van der Waals surface area (Å²) in [7, 11) is 0. The van der Waals surface area contributed by atoms with Gasteiger partial charge in [0.1, 0.15) is 0 Å². The predicted molar refractivity (Wildman–Crippen MR) is 59.4 cm³/mol. The Kier molecular flexibility index (Phi) is 3.86. The number of nitrogens with zero attached hydrogens (tertiary/aromatic N) is 3. The second-order valence-corrected chi connectivity index (χ2v) is 4.19. The maximum Gasteiger partial charge on any atom is 0.225 e. The fourth-order valence-electron chi connectivity index (χ4n) is 1.36. The summed E-state index contributed by atoms with van der Waals surface area (Å²) in [6.07, 6.45) is 3.58. The number of aromatic nitrogens is 2. The minimum absolute atomic E-state index is 0.444. The van der Waals surface area contributed by atoms with Crippen LogP contribution in [0.15, 0.2) is 18.5 Å². The van der Waals surface area contributed by atoms with E-state index in [4.69, 9.17) is 0 Å². The molecule has 0 aromatic carbocycles. The molecule has 0 N–H and O–H groups in total. The zero-order valence-corrected chi connectivity index (χ0v) is 9.44. The highest BCUT2D eigenvalue weighted by atomic mass is 15.3. The summed E-state index contributed by atoms with van der Waals surface area (Å²) in [6, 6.07) is 2.29. The third-order valence-corrected chi connectivity index (χ3v) is 1.99. The third-order valence-electron chi connectivity index (χ3n) is 1.99. The summed E-state index contributed by atoms with van der Waals surface area (Å²) in [6.45, 7) is 9.75. The van der Waals surface area contributed by atoms with Gasteiger partial charge in [-0.25, -0.2) is 9.97 Å². The molecule has 0 atom stereocenters.